The van der Waals surface area contributed by atoms with Gasteiger partial charge in [-0.15, -0.1) is 0 Å². The number of nitrogens with zero attached hydrogens (tertiary/aromatic N) is 2. The topological polar surface area (TPSA) is 52.7 Å². The van der Waals surface area contributed by atoms with Crippen LogP contribution in [0.1, 0.15) is 5.56 Å². The largest absolute Gasteiger partial charge is 0.390 e. The van der Waals surface area contributed by atoms with Gasteiger partial charge < -0.3 is 10.8 Å². The number of rotatable bonds is 5. The second-order valence-electron chi connectivity index (χ2n) is 5.09. The molecule has 0 spiro atoms. The maximum atomic E-state index is 12.8. The summed E-state index contributed by atoms with van der Waals surface area (Å²) in [5, 5.41) is 9.52. The van der Waals surface area contributed by atoms with Crippen molar-refractivity contribution >= 4 is 0 Å². The predicted molar refractivity (Wildman–Crippen MR) is 73.2 cm³/mol. The van der Waals surface area contributed by atoms with E-state index in [9.17, 15) is 9.50 Å². The van der Waals surface area contributed by atoms with E-state index in [1.54, 1.807) is 0 Å². The molecule has 0 aromatic heterocycles. The second kappa shape index (κ2) is 6.96. The molecule has 2 rings (SSSR count). The third-order valence-electron chi connectivity index (χ3n) is 3.53. The molecule has 4 nitrogen and oxygen atoms in total. The Bertz CT molecular complexity index is 377. The van der Waals surface area contributed by atoms with E-state index in [1.807, 2.05) is 12.1 Å². The molecule has 1 aliphatic heterocycles. The van der Waals surface area contributed by atoms with Crippen molar-refractivity contribution in [3.05, 3.63) is 35.6 Å². The number of hydrogen-bond donors (Lipinski definition) is 2. The van der Waals surface area contributed by atoms with Crippen molar-refractivity contribution in [2.75, 3.05) is 39.3 Å². The van der Waals surface area contributed by atoms with Crippen LogP contribution in [0, 0.1) is 5.82 Å². The van der Waals surface area contributed by atoms with Gasteiger partial charge >= 0.3 is 0 Å². The highest BCUT2D eigenvalue weighted by molar-refractivity contribution is 5.15. The minimum absolute atomic E-state index is 0.190. The summed E-state index contributed by atoms with van der Waals surface area (Å²) in [5.74, 6) is -0.190. The third-order valence-corrected chi connectivity index (χ3v) is 3.53. The van der Waals surface area contributed by atoms with Crippen molar-refractivity contribution in [1.29, 1.82) is 0 Å². The van der Waals surface area contributed by atoms with Gasteiger partial charge in [0.05, 0.1) is 6.10 Å². The molecule has 0 saturated carbocycles. The van der Waals surface area contributed by atoms with E-state index in [4.69, 9.17) is 5.73 Å². The van der Waals surface area contributed by atoms with E-state index in [-0.39, 0.29) is 5.82 Å². The molecule has 19 heavy (non-hydrogen) atoms. The molecule has 0 amide bonds. The summed E-state index contributed by atoms with van der Waals surface area (Å²) in [4.78, 5) is 4.58. The second-order valence-corrected chi connectivity index (χ2v) is 5.09. The third kappa shape index (κ3) is 4.54. The van der Waals surface area contributed by atoms with E-state index in [1.165, 1.54) is 12.1 Å². The zero-order valence-electron chi connectivity index (χ0n) is 11.1. The first-order valence-corrected chi connectivity index (χ1v) is 6.74. The van der Waals surface area contributed by atoms with Crippen LogP contribution in [0.2, 0.25) is 0 Å². The molecule has 5 heteroatoms. The highest BCUT2D eigenvalue weighted by Crippen LogP contribution is 2.09. The Labute approximate surface area is 113 Å². The molecule has 1 fully saturated rings. The first-order valence-electron chi connectivity index (χ1n) is 6.74. The molecule has 106 valence electrons. The number of benzene rings is 1. The molecule has 0 radical (unpaired) electrons. The lowest BCUT2D eigenvalue weighted by Gasteiger charge is -2.35. The molecular formula is C14H22FN3O. The molecular weight excluding hydrogens is 245 g/mol. The summed E-state index contributed by atoms with van der Waals surface area (Å²) in [6.45, 7) is 5.64. The van der Waals surface area contributed by atoms with Gasteiger partial charge in [0.25, 0.3) is 0 Å². The summed E-state index contributed by atoms with van der Waals surface area (Å²) >= 11 is 0. The summed E-state index contributed by atoms with van der Waals surface area (Å²) in [6.07, 6.45) is -0.427. The maximum Gasteiger partial charge on any atom is 0.123 e. The summed E-state index contributed by atoms with van der Waals surface area (Å²) in [7, 11) is 0. The van der Waals surface area contributed by atoms with Crippen molar-refractivity contribution in [1.82, 2.24) is 9.80 Å². The van der Waals surface area contributed by atoms with Crippen molar-refractivity contribution in [2.24, 2.45) is 5.73 Å². The van der Waals surface area contributed by atoms with E-state index in [2.05, 4.69) is 9.80 Å². The fraction of sp³-hybridized carbons (Fsp3) is 0.571. The van der Waals surface area contributed by atoms with Crippen LogP contribution >= 0.6 is 0 Å². The Hall–Kier alpha value is -1.01. The van der Waals surface area contributed by atoms with Crippen LogP contribution in [0.4, 0.5) is 4.39 Å². The van der Waals surface area contributed by atoms with E-state index < -0.39 is 6.10 Å². The number of piperazine rings is 1. The Kier molecular flexibility index (Phi) is 5.27. The van der Waals surface area contributed by atoms with Crippen LogP contribution in [-0.4, -0.2) is 60.3 Å². The fourth-order valence-corrected chi connectivity index (χ4v) is 2.35. The Morgan fingerprint density at radius 3 is 2.26 bits per heavy atom. The smallest absolute Gasteiger partial charge is 0.123 e. The van der Waals surface area contributed by atoms with Gasteiger partial charge in [-0.1, -0.05) is 12.1 Å². The van der Waals surface area contributed by atoms with Crippen LogP contribution in [0.25, 0.3) is 0 Å². The lowest BCUT2D eigenvalue weighted by molar-refractivity contribution is 0.0739. The molecule has 1 unspecified atom stereocenters. The number of aliphatic hydroxyl groups is 1. The molecule has 1 atom stereocenters. The van der Waals surface area contributed by atoms with Crippen LogP contribution in [-0.2, 0) is 6.54 Å². The SMILES string of the molecule is NCC(O)CN1CCN(Cc2ccc(F)cc2)CC1. The lowest BCUT2D eigenvalue weighted by Crippen LogP contribution is -2.49. The quantitative estimate of drug-likeness (QED) is 0.804. The highest BCUT2D eigenvalue weighted by atomic mass is 19.1. The highest BCUT2D eigenvalue weighted by Gasteiger charge is 2.18. The monoisotopic (exact) mass is 267 g/mol. The van der Waals surface area contributed by atoms with Gasteiger partial charge in [0.1, 0.15) is 5.82 Å². The molecule has 3 N–H and O–H groups in total. The van der Waals surface area contributed by atoms with Crippen molar-refractivity contribution in [3.63, 3.8) is 0 Å². The van der Waals surface area contributed by atoms with E-state index in [0.29, 0.717) is 13.1 Å². The van der Waals surface area contributed by atoms with Gasteiger partial charge in [-0.2, -0.15) is 0 Å². The van der Waals surface area contributed by atoms with Crippen LogP contribution < -0.4 is 5.73 Å². The molecule has 0 bridgehead atoms. The fourth-order valence-electron chi connectivity index (χ4n) is 2.35. The lowest BCUT2D eigenvalue weighted by atomic mass is 10.2. The van der Waals surface area contributed by atoms with Gasteiger partial charge in [0.2, 0.25) is 0 Å². The Balaban J connectivity index is 1.75. The zero-order valence-corrected chi connectivity index (χ0v) is 11.1. The summed E-state index contributed by atoms with van der Waals surface area (Å²) < 4.78 is 12.8. The van der Waals surface area contributed by atoms with E-state index >= 15 is 0 Å². The summed E-state index contributed by atoms with van der Waals surface area (Å²) in [6, 6.07) is 6.67. The standard InChI is InChI=1S/C14H22FN3O/c15-13-3-1-12(2-4-13)10-17-5-7-18(8-6-17)11-14(19)9-16/h1-4,14,19H,5-11,16H2. The number of aliphatic hydroxyl groups excluding tert-OH is 1. The Morgan fingerprint density at radius 2 is 1.68 bits per heavy atom. The average Bonchev–Trinajstić information content (AvgIpc) is 2.43. The van der Waals surface area contributed by atoms with Crippen molar-refractivity contribution in [3.8, 4) is 0 Å². The van der Waals surface area contributed by atoms with Crippen molar-refractivity contribution < 1.29 is 9.50 Å². The Morgan fingerprint density at radius 1 is 1.11 bits per heavy atom. The number of halogens is 1. The van der Waals surface area contributed by atoms with Gasteiger partial charge in [-0.3, -0.25) is 9.80 Å². The predicted octanol–water partition coefficient (Wildman–Crippen LogP) is 0.263. The molecule has 1 saturated heterocycles. The maximum absolute atomic E-state index is 12.8. The molecule has 0 aliphatic carbocycles. The molecule has 1 aromatic rings. The van der Waals surface area contributed by atoms with Crippen LogP contribution in [0.3, 0.4) is 0 Å². The molecule has 1 aliphatic rings. The van der Waals surface area contributed by atoms with Gasteiger partial charge in [-0.25, -0.2) is 4.39 Å². The number of β-amino-alcohol motifs (C(OH)–C–C–N with tert-alkyl or cyclic N) is 1. The number of nitrogens with two attached hydrogens (primary N) is 1. The van der Waals surface area contributed by atoms with Gasteiger partial charge in [0.15, 0.2) is 0 Å². The van der Waals surface area contributed by atoms with E-state index in [0.717, 1.165) is 38.3 Å². The number of hydrogen-bond acceptors (Lipinski definition) is 4. The molecule has 1 heterocycles. The minimum atomic E-state index is -0.427. The zero-order chi connectivity index (χ0) is 13.7. The van der Waals surface area contributed by atoms with Crippen LogP contribution in [0.5, 0.6) is 0 Å². The van der Waals surface area contributed by atoms with Gasteiger partial charge in [0, 0.05) is 45.8 Å². The molecule has 1 aromatic carbocycles. The first kappa shape index (κ1) is 14.4. The van der Waals surface area contributed by atoms with Gasteiger partial charge in [-0.05, 0) is 17.7 Å². The average molecular weight is 267 g/mol. The minimum Gasteiger partial charge on any atom is -0.390 e. The van der Waals surface area contributed by atoms with Crippen LogP contribution in [0.15, 0.2) is 24.3 Å². The summed E-state index contributed by atoms with van der Waals surface area (Å²) in [5.41, 5.74) is 6.55. The van der Waals surface area contributed by atoms with Crippen molar-refractivity contribution in [2.45, 2.75) is 12.6 Å². The first-order chi connectivity index (χ1) is 9.17. The normalized spacial score (nSPS) is 19.5.